The number of anilines is 1. The standard InChI is InChI=1S/C17H20N4OS2/c1-3-10-21(11-4-2)15(22)13-23-17-20-19-16(24-17)18-12-14-8-6-5-7-9-14/h3-9H,1-2,10-13H2,(H,18,19). The van der Waals surface area contributed by atoms with Gasteiger partial charge in [0.25, 0.3) is 0 Å². The van der Waals surface area contributed by atoms with Gasteiger partial charge in [0.05, 0.1) is 5.75 Å². The predicted molar refractivity (Wildman–Crippen MR) is 101 cm³/mol. The monoisotopic (exact) mass is 360 g/mol. The van der Waals surface area contributed by atoms with Gasteiger partial charge in [-0.25, -0.2) is 0 Å². The highest BCUT2D eigenvalue weighted by atomic mass is 32.2. The van der Waals surface area contributed by atoms with E-state index in [0.29, 0.717) is 25.4 Å². The molecule has 1 N–H and O–H groups in total. The third-order valence-corrected chi connectivity index (χ3v) is 5.06. The average molecular weight is 361 g/mol. The molecule has 5 nitrogen and oxygen atoms in total. The van der Waals surface area contributed by atoms with Crippen molar-refractivity contribution in [2.24, 2.45) is 0 Å². The molecule has 0 aliphatic rings. The maximum atomic E-state index is 12.2. The zero-order valence-electron chi connectivity index (χ0n) is 13.4. The largest absolute Gasteiger partial charge is 0.356 e. The van der Waals surface area contributed by atoms with E-state index in [0.717, 1.165) is 9.47 Å². The van der Waals surface area contributed by atoms with Crippen molar-refractivity contribution in [3.8, 4) is 0 Å². The number of hydrogen-bond donors (Lipinski definition) is 1. The first-order valence-electron chi connectivity index (χ1n) is 7.46. The van der Waals surface area contributed by atoms with Crippen molar-refractivity contribution in [1.29, 1.82) is 0 Å². The lowest BCUT2D eigenvalue weighted by molar-refractivity contribution is -0.127. The van der Waals surface area contributed by atoms with Gasteiger partial charge in [-0.2, -0.15) is 0 Å². The minimum Gasteiger partial charge on any atom is -0.356 e. The Balaban J connectivity index is 1.81. The van der Waals surface area contributed by atoms with Gasteiger partial charge >= 0.3 is 0 Å². The lowest BCUT2D eigenvalue weighted by Crippen LogP contribution is -2.32. The van der Waals surface area contributed by atoms with E-state index in [2.05, 4.69) is 40.8 Å². The summed E-state index contributed by atoms with van der Waals surface area (Å²) in [5.41, 5.74) is 1.18. The summed E-state index contributed by atoms with van der Waals surface area (Å²) in [7, 11) is 0. The molecular weight excluding hydrogens is 340 g/mol. The molecule has 0 unspecified atom stereocenters. The molecule has 0 spiro atoms. The topological polar surface area (TPSA) is 58.1 Å². The minimum atomic E-state index is 0.0359. The first-order chi connectivity index (χ1) is 11.7. The molecule has 0 fully saturated rings. The summed E-state index contributed by atoms with van der Waals surface area (Å²) < 4.78 is 0.774. The third kappa shape index (κ3) is 5.82. The molecule has 24 heavy (non-hydrogen) atoms. The lowest BCUT2D eigenvalue weighted by Gasteiger charge is -2.18. The highest BCUT2D eigenvalue weighted by Crippen LogP contribution is 2.26. The van der Waals surface area contributed by atoms with Gasteiger partial charge in [0, 0.05) is 19.6 Å². The Bertz CT molecular complexity index is 662. The molecule has 1 aromatic heterocycles. The van der Waals surface area contributed by atoms with E-state index in [-0.39, 0.29) is 5.91 Å². The van der Waals surface area contributed by atoms with E-state index in [4.69, 9.17) is 0 Å². The number of amides is 1. The SMILES string of the molecule is C=CCN(CC=C)C(=O)CSc1nnc(NCc2ccccc2)s1. The van der Waals surface area contributed by atoms with E-state index >= 15 is 0 Å². The number of carbonyl (C=O) groups is 1. The normalized spacial score (nSPS) is 10.2. The Morgan fingerprint density at radius 1 is 1.21 bits per heavy atom. The predicted octanol–water partition coefficient (Wildman–Crippen LogP) is 3.44. The van der Waals surface area contributed by atoms with Crippen LogP contribution in [0.3, 0.4) is 0 Å². The third-order valence-electron chi connectivity index (χ3n) is 3.06. The van der Waals surface area contributed by atoms with Gasteiger partial charge in [-0.15, -0.1) is 23.4 Å². The van der Waals surface area contributed by atoms with Crippen LogP contribution in [0.25, 0.3) is 0 Å². The Morgan fingerprint density at radius 2 is 1.92 bits per heavy atom. The van der Waals surface area contributed by atoms with E-state index in [1.807, 2.05) is 18.2 Å². The summed E-state index contributed by atoms with van der Waals surface area (Å²) in [5.74, 6) is 0.364. The number of aromatic nitrogens is 2. The second kappa shape index (κ2) is 9.89. The van der Waals surface area contributed by atoms with E-state index in [1.54, 1.807) is 17.1 Å². The van der Waals surface area contributed by atoms with Crippen LogP contribution in [0.5, 0.6) is 0 Å². The minimum absolute atomic E-state index is 0.0359. The molecule has 1 amide bonds. The van der Waals surface area contributed by atoms with Crippen molar-refractivity contribution in [3.05, 3.63) is 61.2 Å². The Labute approximate surface area is 150 Å². The summed E-state index contributed by atoms with van der Waals surface area (Å²) in [5, 5.41) is 12.2. The van der Waals surface area contributed by atoms with Crippen LogP contribution in [-0.2, 0) is 11.3 Å². The molecule has 2 rings (SSSR count). The van der Waals surface area contributed by atoms with Gasteiger partial charge in [-0.05, 0) is 5.56 Å². The Morgan fingerprint density at radius 3 is 2.58 bits per heavy atom. The van der Waals surface area contributed by atoms with Crippen LogP contribution >= 0.6 is 23.1 Å². The number of rotatable bonds is 10. The van der Waals surface area contributed by atoms with E-state index < -0.39 is 0 Å². The fourth-order valence-corrected chi connectivity index (χ4v) is 3.57. The zero-order chi connectivity index (χ0) is 17.2. The summed E-state index contributed by atoms with van der Waals surface area (Å²) in [6.07, 6.45) is 3.42. The quantitative estimate of drug-likeness (QED) is 0.519. The lowest BCUT2D eigenvalue weighted by atomic mass is 10.2. The zero-order valence-corrected chi connectivity index (χ0v) is 15.0. The van der Waals surface area contributed by atoms with Gasteiger partial charge in [0.1, 0.15) is 0 Å². The molecule has 126 valence electrons. The fraction of sp³-hybridized carbons (Fsp3) is 0.235. The molecule has 0 radical (unpaired) electrons. The van der Waals surface area contributed by atoms with Gasteiger partial charge < -0.3 is 10.2 Å². The molecule has 0 atom stereocenters. The summed E-state index contributed by atoms with van der Waals surface area (Å²) in [6.45, 7) is 9.08. The fourth-order valence-electron chi connectivity index (χ4n) is 1.92. The second-order valence-electron chi connectivity index (χ2n) is 4.88. The molecule has 1 aromatic carbocycles. The number of nitrogens with zero attached hydrogens (tertiary/aromatic N) is 3. The van der Waals surface area contributed by atoms with Crippen molar-refractivity contribution in [2.45, 2.75) is 10.9 Å². The number of thioether (sulfide) groups is 1. The van der Waals surface area contributed by atoms with Crippen molar-refractivity contribution in [2.75, 3.05) is 24.2 Å². The van der Waals surface area contributed by atoms with Crippen LogP contribution in [0.4, 0.5) is 5.13 Å². The highest BCUT2D eigenvalue weighted by molar-refractivity contribution is 8.01. The molecule has 0 aliphatic heterocycles. The average Bonchev–Trinajstić information content (AvgIpc) is 3.06. The molecule has 0 saturated heterocycles. The Kier molecular flexibility index (Phi) is 7.51. The molecule has 0 bridgehead atoms. The van der Waals surface area contributed by atoms with Crippen LogP contribution in [0.15, 0.2) is 60.0 Å². The first-order valence-corrected chi connectivity index (χ1v) is 9.26. The van der Waals surface area contributed by atoms with Crippen molar-refractivity contribution < 1.29 is 4.79 Å². The van der Waals surface area contributed by atoms with Crippen molar-refractivity contribution in [1.82, 2.24) is 15.1 Å². The summed E-state index contributed by atoms with van der Waals surface area (Å²) in [6, 6.07) is 10.1. The number of carbonyl (C=O) groups excluding carboxylic acids is 1. The van der Waals surface area contributed by atoms with Crippen LogP contribution in [-0.4, -0.2) is 39.8 Å². The Hall–Kier alpha value is -2.12. The van der Waals surface area contributed by atoms with Crippen molar-refractivity contribution in [3.63, 3.8) is 0 Å². The summed E-state index contributed by atoms with van der Waals surface area (Å²) >= 11 is 2.85. The van der Waals surface area contributed by atoms with E-state index in [1.165, 1.54) is 28.7 Å². The number of benzene rings is 1. The maximum Gasteiger partial charge on any atom is 0.233 e. The maximum absolute atomic E-state index is 12.2. The van der Waals surface area contributed by atoms with Crippen molar-refractivity contribution >= 4 is 34.1 Å². The molecular formula is C17H20N4OS2. The highest BCUT2D eigenvalue weighted by Gasteiger charge is 2.13. The van der Waals surface area contributed by atoms with Gasteiger partial charge in [-0.1, -0.05) is 65.6 Å². The van der Waals surface area contributed by atoms with E-state index in [9.17, 15) is 4.79 Å². The number of nitrogens with one attached hydrogen (secondary N) is 1. The second-order valence-corrected chi connectivity index (χ2v) is 7.08. The van der Waals surface area contributed by atoms with Gasteiger partial charge in [0.15, 0.2) is 4.34 Å². The molecule has 2 aromatic rings. The first kappa shape index (κ1) is 18.2. The number of hydrogen-bond acceptors (Lipinski definition) is 6. The van der Waals surface area contributed by atoms with Gasteiger partial charge in [-0.3, -0.25) is 4.79 Å². The van der Waals surface area contributed by atoms with Crippen LogP contribution in [0, 0.1) is 0 Å². The molecule has 1 heterocycles. The van der Waals surface area contributed by atoms with Crippen LogP contribution in [0.1, 0.15) is 5.56 Å². The molecule has 0 aliphatic carbocycles. The van der Waals surface area contributed by atoms with Crippen LogP contribution in [0.2, 0.25) is 0 Å². The summed E-state index contributed by atoms with van der Waals surface area (Å²) in [4.78, 5) is 13.9. The smallest absolute Gasteiger partial charge is 0.233 e. The molecule has 7 heteroatoms. The van der Waals surface area contributed by atoms with Crippen LogP contribution < -0.4 is 5.32 Å². The van der Waals surface area contributed by atoms with Gasteiger partial charge in [0.2, 0.25) is 11.0 Å². The molecule has 0 saturated carbocycles.